The van der Waals surface area contributed by atoms with Crippen LogP contribution in [0.15, 0.2) is 90.3 Å². The van der Waals surface area contributed by atoms with E-state index < -0.39 is 27.7 Å². The monoisotopic (exact) mass is 859 g/mol. The van der Waals surface area contributed by atoms with Crippen LogP contribution in [0.3, 0.4) is 0 Å². The molecule has 4 aromatic rings. The van der Waals surface area contributed by atoms with Gasteiger partial charge >= 0.3 is 11.8 Å². The van der Waals surface area contributed by atoms with Gasteiger partial charge in [0.25, 0.3) is 21.8 Å². The predicted octanol–water partition coefficient (Wildman–Crippen LogP) is 2.23. The van der Waals surface area contributed by atoms with Crippen LogP contribution >= 0.6 is 0 Å². The Morgan fingerprint density at radius 3 is 2.38 bits per heavy atom. The molecule has 19 heteroatoms. The van der Waals surface area contributed by atoms with Crippen LogP contribution in [-0.4, -0.2) is 101 Å². The molecule has 61 heavy (non-hydrogen) atoms. The number of ether oxygens (including phenoxy) is 2. The number of hydrogen-bond acceptors (Lipinski definition) is 12. The van der Waals surface area contributed by atoms with Crippen molar-refractivity contribution in [2.75, 3.05) is 74.7 Å². The van der Waals surface area contributed by atoms with Crippen molar-refractivity contribution in [1.29, 1.82) is 0 Å². The minimum absolute atomic E-state index is 0.0312. The van der Waals surface area contributed by atoms with Crippen molar-refractivity contribution >= 4 is 50.7 Å². The Hall–Kier alpha value is -6.15. The maximum Gasteiger partial charge on any atom is 0.327 e. The molecule has 0 atom stereocenters. The van der Waals surface area contributed by atoms with E-state index in [2.05, 4.69) is 46.7 Å². The highest BCUT2D eigenvalue weighted by molar-refractivity contribution is 7.92. The number of aryl methyl sites for hydroxylation is 1. The van der Waals surface area contributed by atoms with Gasteiger partial charge in [0.2, 0.25) is 6.54 Å². The predicted molar refractivity (Wildman–Crippen MR) is 229 cm³/mol. The van der Waals surface area contributed by atoms with E-state index >= 15 is 0 Å². The van der Waals surface area contributed by atoms with Crippen LogP contribution in [0.5, 0.6) is 5.75 Å². The summed E-state index contributed by atoms with van der Waals surface area (Å²) in [6.45, 7) is 9.17. The van der Waals surface area contributed by atoms with Crippen LogP contribution in [0.4, 0.5) is 17.1 Å². The Morgan fingerprint density at radius 2 is 1.61 bits per heavy atom. The molecule has 0 spiro atoms. The van der Waals surface area contributed by atoms with Crippen molar-refractivity contribution < 1.29 is 41.6 Å². The Labute approximate surface area is 356 Å². The number of carbonyl (C=O) groups is 4. The number of unbranched alkanes of at least 4 members (excludes halogenated alkanes) is 2. The summed E-state index contributed by atoms with van der Waals surface area (Å²) in [6.07, 6.45) is 9.95. The van der Waals surface area contributed by atoms with Gasteiger partial charge in [-0.05, 0) is 106 Å². The van der Waals surface area contributed by atoms with E-state index in [4.69, 9.17) is 9.47 Å². The molecule has 326 valence electrons. The van der Waals surface area contributed by atoms with Crippen molar-refractivity contribution in [2.45, 2.75) is 51.0 Å². The number of pyridine rings is 2. The lowest BCUT2D eigenvalue weighted by atomic mass is 10.1. The number of anilines is 3. The molecule has 3 heterocycles. The van der Waals surface area contributed by atoms with Gasteiger partial charge in [0, 0.05) is 49.8 Å². The second kappa shape index (κ2) is 23.6. The van der Waals surface area contributed by atoms with Gasteiger partial charge in [-0.1, -0.05) is 12.5 Å². The average Bonchev–Trinajstić information content (AvgIpc) is 3.26. The first-order valence-corrected chi connectivity index (χ1v) is 21.6. The van der Waals surface area contributed by atoms with Crippen molar-refractivity contribution in [1.82, 2.24) is 31.3 Å². The third kappa shape index (κ3) is 15.1. The third-order valence-corrected chi connectivity index (χ3v) is 11.1. The maximum absolute atomic E-state index is 13.5. The minimum atomic E-state index is -4.10. The second-order valence-corrected chi connectivity index (χ2v) is 16.0. The van der Waals surface area contributed by atoms with E-state index in [0.717, 1.165) is 45.4 Å². The van der Waals surface area contributed by atoms with Gasteiger partial charge in [-0.15, -0.1) is 0 Å². The van der Waals surface area contributed by atoms with Gasteiger partial charge in [0.05, 0.1) is 30.0 Å². The van der Waals surface area contributed by atoms with Crippen molar-refractivity contribution in [3.05, 3.63) is 102 Å². The number of nitrogens with zero attached hydrogens (tertiary/aromatic N) is 3. The van der Waals surface area contributed by atoms with E-state index in [-0.39, 0.29) is 23.0 Å². The summed E-state index contributed by atoms with van der Waals surface area (Å²) in [5, 5.41) is 11.6. The molecule has 1 aliphatic heterocycles. The van der Waals surface area contributed by atoms with Crippen LogP contribution in [0.2, 0.25) is 0 Å². The highest BCUT2D eigenvalue weighted by Crippen LogP contribution is 2.28. The molecule has 1 aliphatic rings. The highest BCUT2D eigenvalue weighted by Gasteiger charge is 2.23. The molecule has 4 amide bonds. The molecule has 7 N–H and O–H groups in total. The quantitative estimate of drug-likeness (QED) is 0.0199. The molecule has 0 aliphatic carbocycles. The Kier molecular flexibility index (Phi) is 17.8. The molecule has 0 radical (unpaired) electrons. The van der Waals surface area contributed by atoms with E-state index in [1.807, 2.05) is 12.1 Å². The molecular formula is C42H55N10O8S+. The molecular weight excluding hydrogens is 805 g/mol. The zero-order chi connectivity index (χ0) is 43.5. The summed E-state index contributed by atoms with van der Waals surface area (Å²) >= 11 is 0. The molecule has 5 rings (SSSR count). The lowest BCUT2D eigenvalue weighted by Crippen LogP contribution is -2.43. The molecule has 2 aromatic heterocycles. The smallest absolute Gasteiger partial charge is 0.327 e. The van der Waals surface area contributed by atoms with Gasteiger partial charge in [-0.2, -0.15) is 4.57 Å². The summed E-state index contributed by atoms with van der Waals surface area (Å²) < 4.78 is 42.1. The van der Waals surface area contributed by atoms with Gasteiger partial charge in [0.1, 0.15) is 18.0 Å². The zero-order valence-corrected chi connectivity index (χ0v) is 35.3. The fraction of sp³-hybridized carbons (Fsp3) is 0.381. The summed E-state index contributed by atoms with van der Waals surface area (Å²) in [7, 11) is -4.10. The number of hydrogen-bond donors (Lipinski definition) is 7. The number of carbonyl (C=O) groups excluding carboxylic acids is 4. The Bertz CT molecular complexity index is 2190. The standard InChI is InChI=1S/C42H54N10O8S/c1-31-11-16-37(61(57,58)50-35-14-12-34(13-15-35)48-49-42(56)41(55)46-20-8-22-51-23-25-59-26-24-51)32(2)39(31)47-38(53)29-52-21-7-9-33(28-52)40(54)45-19-5-3-4-17-44-30-60-36-10-6-18-43-27-36/h6-7,9-16,18,21,27-28,44H,3-5,8,17,19-20,22-26,29-30H2,1-2H3,(H5-,45,46,47,48,49,50,53,54,55,56)/p+1. The summed E-state index contributed by atoms with van der Waals surface area (Å²) in [5.41, 5.74) is 7.41. The second-order valence-electron chi connectivity index (χ2n) is 14.3. The summed E-state index contributed by atoms with van der Waals surface area (Å²) in [6, 6.07) is 16.2. The van der Waals surface area contributed by atoms with E-state index in [0.29, 0.717) is 73.3 Å². The van der Waals surface area contributed by atoms with Crippen LogP contribution in [0.25, 0.3) is 0 Å². The average molecular weight is 860 g/mol. The lowest BCUT2D eigenvalue weighted by Gasteiger charge is -2.26. The molecule has 18 nitrogen and oxygen atoms in total. The number of morpholine rings is 1. The molecule has 2 aromatic carbocycles. The fourth-order valence-electron chi connectivity index (χ4n) is 6.33. The van der Waals surface area contributed by atoms with Crippen molar-refractivity contribution in [2.24, 2.45) is 0 Å². The molecule has 0 bridgehead atoms. The zero-order valence-electron chi connectivity index (χ0n) is 34.5. The third-order valence-electron chi connectivity index (χ3n) is 9.62. The number of benzene rings is 2. The lowest BCUT2D eigenvalue weighted by molar-refractivity contribution is -0.684. The molecule has 1 saturated heterocycles. The summed E-state index contributed by atoms with van der Waals surface area (Å²) in [4.78, 5) is 56.7. The van der Waals surface area contributed by atoms with Gasteiger partial charge < -0.3 is 25.4 Å². The molecule has 0 unspecified atom stereocenters. The van der Waals surface area contributed by atoms with E-state index in [1.165, 1.54) is 30.3 Å². The number of nitrogens with one attached hydrogen (secondary N) is 7. The topological polar surface area (TPSA) is 225 Å². The number of hydrazine groups is 1. The Balaban J connectivity index is 1.04. The van der Waals surface area contributed by atoms with E-state index in [1.54, 1.807) is 61.4 Å². The highest BCUT2D eigenvalue weighted by atomic mass is 32.2. The Morgan fingerprint density at radius 1 is 0.852 bits per heavy atom. The SMILES string of the molecule is Cc1ccc(S(=O)(=O)Nc2ccc(NNC(=O)C(=O)NCCCN3CCOCC3)cc2)c(C)c1NC(=O)C[n+]1cccc(C(=O)NCCCCCNCOc2cccnc2)c1. The molecule has 0 saturated carbocycles. The van der Waals surface area contributed by atoms with Gasteiger partial charge in [-0.3, -0.25) is 50.0 Å². The fourth-order valence-corrected chi connectivity index (χ4v) is 7.64. The first-order valence-electron chi connectivity index (χ1n) is 20.2. The number of amides is 4. The van der Waals surface area contributed by atoms with Crippen LogP contribution in [0, 0.1) is 13.8 Å². The number of aromatic nitrogens is 2. The van der Waals surface area contributed by atoms with Gasteiger partial charge in [-0.25, -0.2) is 8.42 Å². The molecule has 1 fully saturated rings. The maximum atomic E-state index is 13.5. The first kappa shape index (κ1) is 45.9. The van der Waals surface area contributed by atoms with Crippen LogP contribution < -0.4 is 46.1 Å². The normalized spacial score (nSPS) is 12.8. The number of sulfonamides is 1. The van der Waals surface area contributed by atoms with Crippen molar-refractivity contribution in [3.63, 3.8) is 0 Å². The van der Waals surface area contributed by atoms with Crippen molar-refractivity contribution in [3.8, 4) is 5.75 Å². The van der Waals surface area contributed by atoms with Crippen LogP contribution in [-0.2, 0) is 35.7 Å². The van der Waals surface area contributed by atoms with E-state index in [9.17, 15) is 27.6 Å². The van der Waals surface area contributed by atoms with Gasteiger partial charge in [0.15, 0.2) is 12.4 Å². The largest absolute Gasteiger partial charge is 0.477 e. The minimum Gasteiger partial charge on any atom is -0.477 e. The first-order chi connectivity index (χ1) is 29.5. The number of rotatable bonds is 22. The summed E-state index contributed by atoms with van der Waals surface area (Å²) in [5.74, 6) is -1.60. The van der Waals surface area contributed by atoms with Crippen LogP contribution in [0.1, 0.15) is 47.2 Å².